The smallest absolute Gasteiger partial charge is 0.273 e. The second-order valence-corrected chi connectivity index (χ2v) is 5.74. The highest BCUT2D eigenvalue weighted by Gasteiger charge is 2.20. The summed E-state index contributed by atoms with van der Waals surface area (Å²) in [5, 5.41) is 12.7. The van der Waals surface area contributed by atoms with E-state index in [9.17, 15) is 14.4 Å². The van der Waals surface area contributed by atoms with Crippen LogP contribution in [-0.4, -0.2) is 34.0 Å². The first kappa shape index (κ1) is 17.2. The zero-order chi connectivity index (χ0) is 18.7. The minimum atomic E-state index is -0.784. The minimum absolute atomic E-state index is 0.228. The number of primary amides is 1. The van der Waals surface area contributed by atoms with E-state index in [0.717, 1.165) is 5.52 Å². The van der Waals surface area contributed by atoms with Crippen LogP contribution in [-0.2, 0) is 4.79 Å². The Kier molecular flexibility index (Phi) is 4.66. The van der Waals surface area contributed by atoms with Crippen molar-refractivity contribution >= 4 is 34.3 Å². The Morgan fingerprint density at radius 2 is 1.77 bits per heavy atom. The molecule has 0 aliphatic rings. The van der Waals surface area contributed by atoms with E-state index in [2.05, 4.69) is 20.8 Å². The highest BCUT2D eigenvalue weighted by atomic mass is 16.2. The molecule has 1 atom stereocenters. The minimum Gasteiger partial charge on any atom is -0.366 e. The van der Waals surface area contributed by atoms with E-state index in [-0.39, 0.29) is 5.69 Å². The standard InChI is InChI=1S/C18H17N5O3/c1-10(17(25)21-12-8-6-11(7-9-12)16(19)24)20-18(26)15-13-4-2-3-5-14(13)22-23-15/h2-10H,1H3,(H2,19,24)(H,20,26)(H,21,25)(H,22,23). The third kappa shape index (κ3) is 3.54. The summed E-state index contributed by atoms with van der Waals surface area (Å²) < 4.78 is 0. The second kappa shape index (κ2) is 7.06. The summed E-state index contributed by atoms with van der Waals surface area (Å²) >= 11 is 0. The number of hydrogen-bond donors (Lipinski definition) is 4. The molecule has 0 bridgehead atoms. The number of hydrogen-bond acceptors (Lipinski definition) is 4. The van der Waals surface area contributed by atoms with Crippen LogP contribution in [0.3, 0.4) is 0 Å². The molecule has 26 heavy (non-hydrogen) atoms. The van der Waals surface area contributed by atoms with Crippen LogP contribution in [0, 0.1) is 0 Å². The molecule has 1 aromatic heterocycles. The highest BCUT2D eigenvalue weighted by molar-refractivity contribution is 6.07. The van der Waals surface area contributed by atoms with Gasteiger partial charge in [-0.1, -0.05) is 18.2 Å². The Bertz CT molecular complexity index is 978. The SMILES string of the molecule is CC(NC(=O)c1n[nH]c2ccccc12)C(=O)Nc1ccc(C(N)=O)cc1. The van der Waals surface area contributed by atoms with Gasteiger partial charge in [0.2, 0.25) is 11.8 Å². The predicted molar refractivity (Wildman–Crippen MR) is 96.6 cm³/mol. The van der Waals surface area contributed by atoms with Crippen molar-refractivity contribution in [3.8, 4) is 0 Å². The van der Waals surface area contributed by atoms with E-state index in [1.54, 1.807) is 31.2 Å². The molecule has 1 heterocycles. The van der Waals surface area contributed by atoms with Crippen molar-refractivity contribution < 1.29 is 14.4 Å². The monoisotopic (exact) mass is 351 g/mol. The van der Waals surface area contributed by atoms with Crippen molar-refractivity contribution in [2.45, 2.75) is 13.0 Å². The van der Waals surface area contributed by atoms with Gasteiger partial charge >= 0.3 is 0 Å². The van der Waals surface area contributed by atoms with Crippen LogP contribution in [0.4, 0.5) is 5.69 Å². The van der Waals surface area contributed by atoms with Gasteiger partial charge in [0, 0.05) is 16.6 Å². The number of carbonyl (C=O) groups excluding carboxylic acids is 3. The lowest BCUT2D eigenvalue weighted by atomic mass is 10.2. The fourth-order valence-electron chi connectivity index (χ4n) is 2.44. The molecule has 0 saturated carbocycles. The van der Waals surface area contributed by atoms with Crippen LogP contribution in [0.15, 0.2) is 48.5 Å². The van der Waals surface area contributed by atoms with Gasteiger partial charge in [0.15, 0.2) is 5.69 Å². The topological polar surface area (TPSA) is 130 Å². The lowest BCUT2D eigenvalue weighted by Gasteiger charge is -2.13. The first-order valence-electron chi connectivity index (χ1n) is 7.90. The Hall–Kier alpha value is -3.68. The summed E-state index contributed by atoms with van der Waals surface area (Å²) in [6.45, 7) is 1.57. The van der Waals surface area contributed by atoms with Crippen molar-refractivity contribution in [2.75, 3.05) is 5.32 Å². The molecule has 8 nitrogen and oxygen atoms in total. The van der Waals surface area contributed by atoms with Gasteiger partial charge in [-0.15, -0.1) is 0 Å². The van der Waals surface area contributed by atoms with Crippen molar-refractivity contribution in [1.82, 2.24) is 15.5 Å². The van der Waals surface area contributed by atoms with Crippen LogP contribution in [0.5, 0.6) is 0 Å². The molecule has 132 valence electrons. The number of benzene rings is 2. The quantitative estimate of drug-likeness (QED) is 0.554. The van der Waals surface area contributed by atoms with E-state index < -0.39 is 23.8 Å². The molecule has 3 aromatic rings. The third-order valence-electron chi connectivity index (χ3n) is 3.86. The first-order chi connectivity index (χ1) is 12.5. The third-order valence-corrected chi connectivity index (χ3v) is 3.86. The summed E-state index contributed by atoms with van der Waals surface area (Å²) in [5.41, 5.74) is 6.97. The van der Waals surface area contributed by atoms with E-state index in [0.29, 0.717) is 16.6 Å². The normalized spacial score (nSPS) is 11.7. The first-order valence-corrected chi connectivity index (χ1v) is 7.90. The van der Waals surface area contributed by atoms with E-state index >= 15 is 0 Å². The van der Waals surface area contributed by atoms with Gasteiger partial charge in [0.25, 0.3) is 5.91 Å². The number of anilines is 1. The molecule has 0 fully saturated rings. The van der Waals surface area contributed by atoms with Crippen LogP contribution in [0.25, 0.3) is 10.9 Å². The second-order valence-electron chi connectivity index (χ2n) is 5.74. The van der Waals surface area contributed by atoms with Gasteiger partial charge in [-0.25, -0.2) is 0 Å². The van der Waals surface area contributed by atoms with Gasteiger partial charge in [-0.3, -0.25) is 19.5 Å². The Morgan fingerprint density at radius 3 is 2.46 bits per heavy atom. The zero-order valence-electron chi connectivity index (χ0n) is 13.9. The summed E-state index contributed by atoms with van der Waals surface area (Å²) in [5.74, 6) is -1.39. The maximum Gasteiger partial charge on any atom is 0.273 e. The highest BCUT2D eigenvalue weighted by Crippen LogP contribution is 2.15. The molecule has 0 saturated heterocycles. The number of fused-ring (bicyclic) bond motifs is 1. The van der Waals surface area contributed by atoms with Gasteiger partial charge < -0.3 is 16.4 Å². The number of amides is 3. The molecule has 8 heteroatoms. The average Bonchev–Trinajstić information content (AvgIpc) is 3.06. The van der Waals surface area contributed by atoms with Gasteiger partial charge in [0.05, 0.1) is 5.52 Å². The molecule has 3 rings (SSSR count). The number of nitrogens with zero attached hydrogens (tertiary/aromatic N) is 1. The number of H-pyrrole nitrogens is 1. The summed E-state index contributed by atoms with van der Waals surface area (Å²) in [4.78, 5) is 35.7. The lowest BCUT2D eigenvalue weighted by molar-refractivity contribution is -0.117. The number of carbonyl (C=O) groups is 3. The Balaban J connectivity index is 1.65. The fraction of sp³-hybridized carbons (Fsp3) is 0.111. The molecule has 3 amide bonds. The van der Waals surface area contributed by atoms with Crippen LogP contribution < -0.4 is 16.4 Å². The van der Waals surface area contributed by atoms with Crippen LogP contribution in [0.1, 0.15) is 27.8 Å². The van der Waals surface area contributed by atoms with Gasteiger partial charge in [-0.2, -0.15) is 5.10 Å². The number of aromatic amines is 1. The molecule has 5 N–H and O–H groups in total. The van der Waals surface area contributed by atoms with Crippen LogP contribution in [0.2, 0.25) is 0 Å². The molecular weight excluding hydrogens is 334 g/mol. The number of aromatic nitrogens is 2. The number of para-hydroxylation sites is 1. The van der Waals surface area contributed by atoms with Crippen molar-refractivity contribution in [2.24, 2.45) is 5.73 Å². The molecule has 2 aromatic carbocycles. The molecule has 0 aliphatic heterocycles. The summed E-state index contributed by atoms with van der Waals surface area (Å²) in [6, 6.07) is 12.6. The summed E-state index contributed by atoms with van der Waals surface area (Å²) in [7, 11) is 0. The van der Waals surface area contributed by atoms with Gasteiger partial charge in [0.1, 0.15) is 6.04 Å². The Labute approximate surface area is 148 Å². The van der Waals surface area contributed by atoms with Gasteiger partial charge in [-0.05, 0) is 37.3 Å². The molecule has 1 unspecified atom stereocenters. The van der Waals surface area contributed by atoms with Crippen LogP contribution >= 0.6 is 0 Å². The van der Waals surface area contributed by atoms with Crippen molar-refractivity contribution in [3.05, 3.63) is 59.8 Å². The zero-order valence-corrected chi connectivity index (χ0v) is 13.9. The number of nitrogens with two attached hydrogens (primary N) is 1. The largest absolute Gasteiger partial charge is 0.366 e. The van der Waals surface area contributed by atoms with Crippen molar-refractivity contribution in [3.63, 3.8) is 0 Å². The van der Waals surface area contributed by atoms with E-state index in [1.807, 2.05) is 12.1 Å². The van der Waals surface area contributed by atoms with Crippen molar-refractivity contribution in [1.29, 1.82) is 0 Å². The molecule has 0 spiro atoms. The molecule has 0 radical (unpaired) electrons. The maximum atomic E-state index is 12.4. The van der Waals surface area contributed by atoms with E-state index in [1.165, 1.54) is 12.1 Å². The maximum absolute atomic E-state index is 12.4. The average molecular weight is 351 g/mol. The lowest BCUT2D eigenvalue weighted by Crippen LogP contribution is -2.41. The summed E-state index contributed by atoms with van der Waals surface area (Å²) in [6.07, 6.45) is 0. The molecular formula is C18H17N5O3. The Morgan fingerprint density at radius 1 is 1.08 bits per heavy atom. The predicted octanol–water partition coefficient (Wildman–Crippen LogP) is 1.42. The number of nitrogens with one attached hydrogen (secondary N) is 3. The van der Waals surface area contributed by atoms with E-state index in [4.69, 9.17) is 5.73 Å². The molecule has 0 aliphatic carbocycles. The fourth-order valence-corrected chi connectivity index (χ4v) is 2.44. The number of rotatable bonds is 5.